The van der Waals surface area contributed by atoms with Crippen LogP contribution >= 0.6 is 0 Å². The maximum absolute atomic E-state index is 12.6. The van der Waals surface area contributed by atoms with Gasteiger partial charge in [0.05, 0.1) is 17.8 Å². The summed E-state index contributed by atoms with van der Waals surface area (Å²) in [5, 5.41) is 7.10. The van der Waals surface area contributed by atoms with Crippen LogP contribution in [0.15, 0.2) is 35.3 Å². The molecule has 1 saturated heterocycles. The summed E-state index contributed by atoms with van der Waals surface area (Å²) in [7, 11) is 1.63. The number of aryl methyl sites for hydroxylation is 3. The Balaban J connectivity index is 1.69. The highest BCUT2D eigenvalue weighted by atomic mass is 16.2. The molecular weight excluding hydrogens is 316 g/mol. The zero-order valence-electron chi connectivity index (χ0n) is 15.0. The zero-order valence-corrected chi connectivity index (χ0v) is 15.0. The maximum atomic E-state index is 12.6. The van der Waals surface area contributed by atoms with Gasteiger partial charge < -0.3 is 10.2 Å². The average Bonchev–Trinajstić information content (AvgIpc) is 2.60. The molecule has 2 heterocycles. The van der Waals surface area contributed by atoms with E-state index < -0.39 is 0 Å². The van der Waals surface area contributed by atoms with Crippen LogP contribution in [-0.4, -0.2) is 28.8 Å². The Bertz CT molecular complexity index is 844. The van der Waals surface area contributed by atoms with Crippen LogP contribution in [0.5, 0.6) is 0 Å². The molecule has 1 aliphatic rings. The molecule has 2 aromatic rings. The molecule has 0 saturated carbocycles. The number of hydrogen-bond acceptors (Lipinski definition) is 4. The van der Waals surface area contributed by atoms with E-state index in [0.29, 0.717) is 6.54 Å². The van der Waals surface area contributed by atoms with Gasteiger partial charge in [0.15, 0.2) is 0 Å². The van der Waals surface area contributed by atoms with Gasteiger partial charge in [-0.05, 0) is 49.9 Å². The molecule has 0 spiro atoms. The van der Waals surface area contributed by atoms with Crippen molar-refractivity contribution in [3.63, 3.8) is 0 Å². The van der Waals surface area contributed by atoms with Crippen molar-refractivity contribution >= 4 is 17.3 Å². The van der Waals surface area contributed by atoms with Crippen LogP contribution in [-0.2, 0) is 11.8 Å². The number of nitrogens with zero attached hydrogens (tertiary/aromatic N) is 3. The lowest BCUT2D eigenvalue weighted by Crippen LogP contribution is -2.41. The molecule has 3 rings (SSSR count). The van der Waals surface area contributed by atoms with Crippen LogP contribution in [0.2, 0.25) is 0 Å². The SMILES string of the molecule is Cc1ccc(NC(=O)[C@H]2CCCN(c3cnn(C)c(=O)c3)C2)cc1C. The van der Waals surface area contributed by atoms with Crippen molar-refractivity contribution in [2.75, 3.05) is 23.3 Å². The van der Waals surface area contributed by atoms with E-state index in [1.54, 1.807) is 19.3 Å². The molecule has 1 amide bonds. The van der Waals surface area contributed by atoms with Gasteiger partial charge >= 0.3 is 0 Å². The van der Waals surface area contributed by atoms with E-state index in [1.165, 1.54) is 10.2 Å². The van der Waals surface area contributed by atoms with Crippen molar-refractivity contribution in [1.82, 2.24) is 9.78 Å². The Labute approximate surface area is 147 Å². The fourth-order valence-electron chi connectivity index (χ4n) is 3.12. The fourth-order valence-corrected chi connectivity index (χ4v) is 3.12. The first-order valence-corrected chi connectivity index (χ1v) is 8.60. The molecular formula is C19H24N4O2. The highest BCUT2D eigenvalue weighted by Crippen LogP contribution is 2.23. The molecule has 1 aliphatic heterocycles. The van der Waals surface area contributed by atoms with Crippen molar-refractivity contribution in [2.45, 2.75) is 26.7 Å². The second-order valence-electron chi connectivity index (χ2n) is 6.75. The molecule has 1 N–H and O–H groups in total. The van der Waals surface area contributed by atoms with Crippen molar-refractivity contribution in [2.24, 2.45) is 13.0 Å². The quantitative estimate of drug-likeness (QED) is 0.931. The second-order valence-corrected chi connectivity index (χ2v) is 6.75. The molecule has 0 aliphatic carbocycles. The van der Waals surface area contributed by atoms with Gasteiger partial charge in [-0.2, -0.15) is 5.10 Å². The van der Waals surface area contributed by atoms with Crippen molar-refractivity contribution < 1.29 is 4.79 Å². The molecule has 1 aromatic carbocycles. The van der Waals surface area contributed by atoms with E-state index in [2.05, 4.69) is 22.2 Å². The fraction of sp³-hybridized carbons (Fsp3) is 0.421. The Morgan fingerprint density at radius 2 is 2.04 bits per heavy atom. The number of amides is 1. The number of anilines is 2. The van der Waals surface area contributed by atoms with E-state index in [9.17, 15) is 9.59 Å². The van der Waals surface area contributed by atoms with Crippen LogP contribution < -0.4 is 15.8 Å². The summed E-state index contributed by atoms with van der Waals surface area (Å²) in [4.78, 5) is 26.5. The summed E-state index contributed by atoms with van der Waals surface area (Å²) in [6.45, 7) is 5.53. The first kappa shape index (κ1) is 17.2. The molecule has 0 radical (unpaired) electrons. The van der Waals surface area contributed by atoms with Crippen molar-refractivity contribution in [3.8, 4) is 0 Å². The zero-order chi connectivity index (χ0) is 18.0. The lowest BCUT2D eigenvalue weighted by Gasteiger charge is -2.33. The van der Waals surface area contributed by atoms with Gasteiger partial charge in [-0.25, -0.2) is 4.68 Å². The number of carbonyl (C=O) groups is 1. The molecule has 1 atom stereocenters. The third-order valence-electron chi connectivity index (χ3n) is 4.89. The minimum atomic E-state index is -0.140. The van der Waals surface area contributed by atoms with Crippen LogP contribution in [0.3, 0.4) is 0 Å². The van der Waals surface area contributed by atoms with E-state index in [-0.39, 0.29) is 17.4 Å². The highest BCUT2D eigenvalue weighted by Gasteiger charge is 2.26. The number of aromatic nitrogens is 2. The minimum absolute atomic E-state index is 0.0322. The van der Waals surface area contributed by atoms with Crippen LogP contribution in [0, 0.1) is 19.8 Å². The standard InChI is InChI=1S/C19H24N4O2/c1-13-6-7-16(9-14(13)2)21-19(25)15-5-4-8-23(12-15)17-10-18(24)22(3)20-11-17/h6-7,9-11,15H,4-5,8,12H2,1-3H3,(H,21,25)/t15-/m0/s1. The molecule has 1 fully saturated rings. The molecule has 6 heteroatoms. The molecule has 132 valence electrons. The first-order chi connectivity index (χ1) is 11.9. The van der Waals surface area contributed by atoms with E-state index in [4.69, 9.17) is 0 Å². The number of rotatable bonds is 3. The van der Waals surface area contributed by atoms with Crippen molar-refractivity contribution in [3.05, 3.63) is 51.9 Å². The number of nitrogens with one attached hydrogen (secondary N) is 1. The third-order valence-corrected chi connectivity index (χ3v) is 4.89. The lowest BCUT2D eigenvalue weighted by atomic mass is 9.96. The maximum Gasteiger partial charge on any atom is 0.268 e. The Hall–Kier alpha value is -2.63. The van der Waals surface area contributed by atoms with Crippen LogP contribution in [0.1, 0.15) is 24.0 Å². The predicted molar refractivity (Wildman–Crippen MR) is 99.0 cm³/mol. The van der Waals surface area contributed by atoms with E-state index >= 15 is 0 Å². The molecule has 0 unspecified atom stereocenters. The van der Waals surface area contributed by atoms with Gasteiger partial charge in [0.25, 0.3) is 5.56 Å². The molecule has 1 aromatic heterocycles. The minimum Gasteiger partial charge on any atom is -0.369 e. The van der Waals surface area contributed by atoms with Gasteiger partial charge in [-0.3, -0.25) is 9.59 Å². The normalized spacial score (nSPS) is 17.4. The Kier molecular flexibility index (Phi) is 4.88. The molecule has 6 nitrogen and oxygen atoms in total. The van der Waals surface area contributed by atoms with E-state index in [0.717, 1.165) is 36.3 Å². The van der Waals surface area contributed by atoms with Gasteiger partial charge in [0.2, 0.25) is 5.91 Å². The largest absolute Gasteiger partial charge is 0.369 e. The Morgan fingerprint density at radius 1 is 1.24 bits per heavy atom. The van der Waals surface area contributed by atoms with Crippen molar-refractivity contribution in [1.29, 1.82) is 0 Å². The van der Waals surface area contributed by atoms with Gasteiger partial charge in [-0.15, -0.1) is 0 Å². The van der Waals surface area contributed by atoms with Gasteiger partial charge in [-0.1, -0.05) is 6.07 Å². The lowest BCUT2D eigenvalue weighted by molar-refractivity contribution is -0.120. The first-order valence-electron chi connectivity index (χ1n) is 8.60. The van der Waals surface area contributed by atoms with Gasteiger partial charge in [0.1, 0.15) is 0 Å². The summed E-state index contributed by atoms with van der Waals surface area (Å²) in [5.41, 5.74) is 3.85. The second kappa shape index (κ2) is 7.09. The monoisotopic (exact) mass is 340 g/mol. The third kappa shape index (κ3) is 3.90. The van der Waals surface area contributed by atoms with E-state index in [1.807, 2.05) is 25.1 Å². The molecule has 25 heavy (non-hydrogen) atoms. The van der Waals surface area contributed by atoms with Crippen LogP contribution in [0.25, 0.3) is 0 Å². The number of piperidine rings is 1. The number of hydrogen-bond donors (Lipinski definition) is 1. The predicted octanol–water partition coefficient (Wildman–Crippen LogP) is 2.25. The molecule has 0 bridgehead atoms. The van der Waals surface area contributed by atoms with Crippen LogP contribution in [0.4, 0.5) is 11.4 Å². The number of carbonyl (C=O) groups excluding carboxylic acids is 1. The summed E-state index contributed by atoms with van der Waals surface area (Å²) in [6.07, 6.45) is 3.46. The van der Waals surface area contributed by atoms with Gasteiger partial charge in [0, 0.05) is 31.9 Å². The smallest absolute Gasteiger partial charge is 0.268 e. The summed E-state index contributed by atoms with van der Waals surface area (Å²) in [6, 6.07) is 7.53. The highest BCUT2D eigenvalue weighted by molar-refractivity contribution is 5.93. The topological polar surface area (TPSA) is 67.2 Å². The summed E-state index contributed by atoms with van der Waals surface area (Å²) in [5.74, 6) is -0.0656. The average molecular weight is 340 g/mol. The summed E-state index contributed by atoms with van der Waals surface area (Å²) >= 11 is 0. The Morgan fingerprint density at radius 3 is 2.76 bits per heavy atom. The summed E-state index contributed by atoms with van der Waals surface area (Å²) < 4.78 is 1.30. The number of benzene rings is 1.